The maximum absolute atomic E-state index is 3.53. The number of hydrogen-bond acceptors (Lipinski definition) is 1. The highest BCUT2D eigenvalue weighted by atomic mass is 14.9. The fourth-order valence-corrected chi connectivity index (χ4v) is 2.54. The summed E-state index contributed by atoms with van der Waals surface area (Å²) in [6, 6.07) is 0. The molecular formula is C11H25N2+. The molecule has 2 rings (SSSR count). The highest BCUT2D eigenvalue weighted by Gasteiger charge is 2.34. The van der Waals surface area contributed by atoms with E-state index < -0.39 is 0 Å². The third-order valence-electron chi connectivity index (χ3n) is 3.32. The van der Waals surface area contributed by atoms with Crippen molar-refractivity contribution in [3.8, 4) is 0 Å². The number of rotatable bonds is 0. The summed E-state index contributed by atoms with van der Waals surface area (Å²) in [5.41, 5.74) is 0.715. The number of hydrogen-bond donors (Lipinski definition) is 2. The van der Waals surface area contributed by atoms with Crippen LogP contribution in [-0.4, -0.2) is 26.2 Å². The normalized spacial score (nSPS) is 26.3. The molecule has 0 atom stereocenters. The van der Waals surface area contributed by atoms with Crippen molar-refractivity contribution in [2.75, 3.05) is 26.2 Å². The summed E-state index contributed by atoms with van der Waals surface area (Å²) in [5, 5.41) is 5.99. The Morgan fingerprint density at radius 2 is 1.77 bits per heavy atom. The quantitative estimate of drug-likeness (QED) is 0.572. The molecule has 2 fully saturated rings. The maximum atomic E-state index is 3.53. The van der Waals surface area contributed by atoms with E-state index in [9.17, 15) is 0 Å². The second-order valence-corrected chi connectivity index (χ2v) is 4.15. The smallest absolute Gasteiger partial charge is 0.0761 e. The molecule has 2 saturated heterocycles. The third-order valence-corrected chi connectivity index (χ3v) is 3.32. The fraction of sp³-hybridized carbons (Fsp3) is 1.00. The summed E-state index contributed by atoms with van der Waals surface area (Å²) >= 11 is 0. The minimum Gasteiger partial charge on any atom is -0.346 e. The van der Waals surface area contributed by atoms with Crippen LogP contribution in [0.2, 0.25) is 0 Å². The number of nitrogens with two attached hydrogens (primary N) is 1. The van der Waals surface area contributed by atoms with Crippen molar-refractivity contribution in [1.29, 1.82) is 0 Å². The van der Waals surface area contributed by atoms with Crippen LogP contribution in [0.3, 0.4) is 0 Å². The van der Waals surface area contributed by atoms with Crippen molar-refractivity contribution in [2.45, 2.75) is 39.5 Å². The first kappa shape index (κ1) is 11.0. The second-order valence-electron chi connectivity index (χ2n) is 4.15. The molecule has 0 bridgehead atoms. The van der Waals surface area contributed by atoms with E-state index in [2.05, 4.69) is 10.6 Å². The Morgan fingerprint density at radius 3 is 2.31 bits per heavy atom. The van der Waals surface area contributed by atoms with Crippen molar-refractivity contribution < 1.29 is 5.32 Å². The molecule has 2 heterocycles. The number of piperidine rings is 2. The number of quaternary nitrogens is 1. The van der Waals surface area contributed by atoms with E-state index >= 15 is 0 Å². The Hall–Kier alpha value is -0.0800. The van der Waals surface area contributed by atoms with Gasteiger partial charge in [0.15, 0.2) is 0 Å². The second kappa shape index (κ2) is 5.61. The molecule has 1 spiro atoms. The van der Waals surface area contributed by atoms with Gasteiger partial charge in [0.2, 0.25) is 0 Å². The fourth-order valence-electron chi connectivity index (χ4n) is 2.54. The Bertz CT molecular complexity index is 103. The van der Waals surface area contributed by atoms with Gasteiger partial charge in [0.1, 0.15) is 0 Å². The minimum absolute atomic E-state index is 0.715. The summed E-state index contributed by atoms with van der Waals surface area (Å²) < 4.78 is 0. The monoisotopic (exact) mass is 185 g/mol. The molecule has 2 nitrogen and oxygen atoms in total. The first-order valence-electron chi connectivity index (χ1n) is 5.94. The van der Waals surface area contributed by atoms with Crippen LogP contribution in [0, 0.1) is 5.41 Å². The molecule has 0 aromatic rings. The largest absolute Gasteiger partial charge is 0.346 e. The highest BCUT2D eigenvalue weighted by Crippen LogP contribution is 2.33. The first-order chi connectivity index (χ1) is 6.41. The third kappa shape index (κ3) is 2.96. The molecular weight excluding hydrogens is 160 g/mol. The summed E-state index contributed by atoms with van der Waals surface area (Å²) in [5.74, 6) is 0. The van der Waals surface area contributed by atoms with Crippen LogP contribution in [0.1, 0.15) is 39.5 Å². The van der Waals surface area contributed by atoms with Gasteiger partial charge in [-0.05, 0) is 24.8 Å². The van der Waals surface area contributed by atoms with Crippen LogP contribution in [0.4, 0.5) is 0 Å². The van der Waals surface area contributed by atoms with Gasteiger partial charge in [-0.2, -0.15) is 0 Å². The molecule has 2 aliphatic rings. The summed E-state index contributed by atoms with van der Waals surface area (Å²) in [6.45, 7) is 9.27. The van der Waals surface area contributed by atoms with Gasteiger partial charge in [-0.25, -0.2) is 0 Å². The summed E-state index contributed by atoms with van der Waals surface area (Å²) in [7, 11) is 0. The van der Waals surface area contributed by atoms with Crippen LogP contribution >= 0.6 is 0 Å². The van der Waals surface area contributed by atoms with E-state index in [0.29, 0.717) is 5.41 Å². The van der Waals surface area contributed by atoms with Crippen LogP contribution in [0.25, 0.3) is 0 Å². The lowest BCUT2D eigenvalue weighted by atomic mass is 9.73. The topological polar surface area (TPSA) is 28.6 Å². The van der Waals surface area contributed by atoms with Crippen molar-refractivity contribution >= 4 is 0 Å². The van der Waals surface area contributed by atoms with Gasteiger partial charge in [-0.1, -0.05) is 13.8 Å². The molecule has 0 radical (unpaired) electrons. The van der Waals surface area contributed by atoms with Crippen LogP contribution < -0.4 is 10.6 Å². The van der Waals surface area contributed by atoms with Crippen molar-refractivity contribution in [3.05, 3.63) is 0 Å². The van der Waals surface area contributed by atoms with Crippen LogP contribution in [0.15, 0.2) is 0 Å². The van der Waals surface area contributed by atoms with Crippen molar-refractivity contribution in [2.24, 2.45) is 5.41 Å². The zero-order valence-electron chi connectivity index (χ0n) is 9.23. The molecule has 3 N–H and O–H groups in total. The molecule has 0 aromatic carbocycles. The van der Waals surface area contributed by atoms with Gasteiger partial charge in [0, 0.05) is 19.4 Å². The lowest BCUT2D eigenvalue weighted by Gasteiger charge is -2.39. The Labute approximate surface area is 82.5 Å². The predicted molar refractivity (Wildman–Crippen MR) is 56.8 cm³/mol. The molecule has 13 heavy (non-hydrogen) atoms. The molecule has 0 amide bonds. The lowest BCUT2D eigenvalue weighted by Crippen LogP contribution is -2.87. The predicted octanol–water partition coefficient (Wildman–Crippen LogP) is 0.740. The maximum Gasteiger partial charge on any atom is 0.0761 e. The molecule has 2 aliphatic heterocycles. The molecule has 78 valence electrons. The van der Waals surface area contributed by atoms with Gasteiger partial charge in [-0.15, -0.1) is 0 Å². The van der Waals surface area contributed by atoms with Gasteiger partial charge in [0.25, 0.3) is 0 Å². The van der Waals surface area contributed by atoms with Gasteiger partial charge in [0.05, 0.1) is 13.1 Å². The van der Waals surface area contributed by atoms with Crippen LogP contribution in [0.5, 0.6) is 0 Å². The Kier molecular flexibility index (Phi) is 4.74. The zero-order valence-corrected chi connectivity index (χ0v) is 9.23. The van der Waals surface area contributed by atoms with E-state index in [1.165, 1.54) is 51.9 Å². The van der Waals surface area contributed by atoms with E-state index in [0.717, 1.165) is 0 Å². The molecule has 0 aliphatic carbocycles. The average molecular weight is 185 g/mol. The average Bonchev–Trinajstić information content (AvgIpc) is 2.23. The zero-order chi connectivity index (χ0) is 9.57. The van der Waals surface area contributed by atoms with Crippen molar-refractivity contribution in [3.63, 3.8) is 0 Å². The van der Waals surface area contributed by atoms with Gasteiger partial charge >= 0.3 is 0 Å². The number of nitrogens with one attached hydrogen (secondary N) is 1. The van der Waals surface area contributed by atoms with E-state index in [-0.39, 0.29) is 0 Å². The van der Waals surface area contributed by atoms with Gasteiger partial charge < -0.3 is 10.6 Å². The first-order valence-corrected chi connectivity index (χ1v) is 5.94. The lowest BCUT2D eigenvalue weighted by molar-refractivity contribution is -0.668. The summed E-state index contributed by atoms with van der Waals surface area (Å²) in [4.78, 5) is 0. The molecule has 2 heteroatoms. The molecule has 0 aromatic heterocycles. The highest BCUT2D eigenvalue weighted by molar-refractivity contribution is 4.85. The standard InChI is InChI=1S/C9H18N2.C2H6/c1-2-9(8-11-5-1)3-6-10-7-4-9;1-2/h10-11H,1-8H2;1-2H3/p+1. The molecule has 0 unspecified atom stereocenters. The van der Waals surface area contributed by atoms with E-state index in [1.54, 1.807) is 0 Å². The SMILES string of the molecule is C1CNCC2(C1)CC[NH2+]CC2.CC. The van der Waals surface area contributed by atoms with E-state index in [4.69, 9.17) is 0 Å². The molecule has 0 saturated carbocycles. The minimum atomic E-state index is 0.715. The summed E-state index contributed by atoms with van der Waals surface area (Å²) in [6.07, 6.45) is 5.77. The van der Waals surface area contributed by atoms with E-state index in [1.807, 2.05) is 13.8 Å². The van der Waals surface area contributed by atoms with Crippen LogP contribution in [-0.2, 0) is 0 Å². The van der Waals surface area contributed by atoms with Gasteiger partial charge in [-0.3, -0.25) is 0 Å². The Morgan fingerprint density at radius 1 is 1.08 bits per heavy atom. The van der Waals surface area contributed by atoms with Crippen molar-refractivity contribution in [1.82, 2.24) is 5.32 Å². The Balaban J connectivity index is 0.000000396.